The third-order valence-electron chi connectivity index (χ3n) is 2.27. The van der Waals surface area contributed by atoms with E-state index in [0.29, 0.717) is 22.8 Å². The van der Waals surface area contributed by atoms with Crippen LogP contribution >= 0.6 is 0 Å². The first-order valence-electron chi connectivity index (χ1n) is 4.77. The normalized spacial score (nSPS) is 12.1. The van der Waals surface area contributed by atoms with Crippen molar-refractivity contribution in [2.45, 2.75) is 6.10 Å². The summed E-state index contributed by atoms with van der Waals surface area (Å²) in [7, 11) is 4.46. The fourth-order valence-electron chi connectivity index (χ4n) is 1.49. The molecule has 1 atom stereocenters. The van der Waals surface area contributed by atoms with Crippen molar-refractivity contribution in [1.82, 2.24) is 0 Å². The van der Waals surface area contributed by atoms with Gasteiger partial charge in [0.05, 0.1) is 27.9 Å². The second-order valence-corrected chi connectivity index (χ2v) is 3.12. The summed E-state index contributed by atoms with van der Waals surface area (Å²) < 4.78 is 15.4. The maximum absolute atomic E-state index is 9.60. The summed E-state index contributed by atoms with van der Waals surface area (Å²) in [4.78, 5) is 0. The lowest BCUT2D eigenvalue weighted by Crippen LogP contribution is -2.06. The first-order chi connectivity index (χ1) is 7.69. The summed E-state index contributed by atoms with van der Waals surface area (Å²) in [6, 6.07) is 3.27. The van der Waals surface area contributed by atoms with Gasteiger partial charge in [0.1, 0.15) is 6.10 Å². The Morgan fingerprint density at radius 3 is 2.12 bits per heavy atom. The molecule has 16 heavy (non-hydrogen) atoms. The third-order valence-corrected chi connectivity index (χ3v) is 2.27. The van der Waals surface area contributed by atoms with E-state index in [4.69, 9.17) is 19.3 Å². The molecule has 1 unspecified atom stereocenters. The molecule has 0 saturated carbocycles. The Morgan fingerprint density at radius 1 is 1.06 bits per heavy atom. The van der Waals surface area contributed by atoms with Crippen molar-refractivity contribution >= 4 is 0 Å². The predicted molar refractivity (Wildman–Crippen MR) is 58.1 cm³/mol. The molecular formula is C11H16O5. The number of hydrogen-bond donors (Lipinski definition) is 2. The Kier molecular flexibility index (Phi) is 4.39. The Labute approximate surface area is 94.2 Å². The number of ether oxygens (including phenoxy) is 3. The Morgan fingerprint density at radius 2 is 1.69 bits per heavy atom. The Balaban J connectivity index is 3.31. The zero-order valence-corrected chi connectivity index (χ0v) is 9.56. The molecule has 0 saturated heterocycles. The fourth-order valence-corrected chi connectivity index (χ4v) is 1.49. The topological polar surface area (TPSA) is 68.2 Å². The summed E-state index contributed by atoms with van der Waals surface area (Å²) in [5, 5.41) is 18.5. The fraction of sp³-hybridized carbons (Fsp3) is 0.455. The number of methoxy groups -OCH3 is 3. The lowest BCUT2D eigenvalue weighted by molar-refractivity contribution is 0.0928. The van der Waals surface area contributed by atoms with E-state index in [2.05, 4.69) is 0 Å². The largest absolute Gasteiger partial charge is 0.493 e. The molecule has 0 radical (unpaired) electrons. The smallest absolute Gasteiger partial charge is 0.203 e. The summed E-state index contributed by atoms with van der Waals surface area (Å²) in [6.45, 7) is -0.383. The van der Waals surface area contributed by atoms with E-state index < -0.39 is 6.10 Å². The standard InChI is InChI=1S/C11H16O5/c1-14-9-5-4-7(8(13)6-12)10(15-2)11(9)16-3/h4-5,8,12-13H,6H2,1-3H3. The van der Waals surface area contributed by atoms with Gasteiger partial charge in [-0.1, -0.05) is 0 Å². The molecule has 5 nitrogen and oxygen atoms in total. The second-order valence-electron chi connectivity index (χ2n) is 3.12. The maximum Gasteiger partial charge on any atom is 0.203 e. The Bertz CT molecular complexity index is 350. The van der Waals surface area contributed by atoms with Gasteiger partial charge in [0.2, 0.25) is 5.75 Å². The highest BCUT2D eigenvalue weighted by atomic mass is 16.5. The molecule has 0 amide bonds. The number of benzene rings is 1. The number of aliphatic hydroxyl groups is 2. The molecule has 0 spiro atoms. The summed E-state index contributed by atoms with van der Waals surface area (Å²) >= 11 is 0. The predicted octanol–water partition coefficient (Wildman–Crippen LogP) is 0.738. The van der Waals surface area contributed by atoms with Crippen LogP contribution in [0.15, 0.2) is 12.1 Å². The Hall–Kier alpha value is -1.46. The van der Waals surface area contributed by atoms with Gasteiger partial charge in [0.25, 0.3) is 0 Å². The van der Waals surface area contributed by atoms with Crippen LogP contribution in [0.3, 0.4) is 0 Å². The van der Waals surface area contributed by atoms with Gasteiger partial charge >= 0.3 is 0 Å². The van der Waals surface area contributed by atoms with E-state index in [-0.39, 0.29) is 6.61 Å². The van der Waals surface area contributed by atoms with Crippen LogP contribution in [0.4, 0.5) is 0 Å². The van der Waals surface area contributed by atoms with Gasteiger partial charge in [0.15, 0.2) is 11.5 Å². The van der Waals surface area contributed by atoms with Gasteiger partial charge in [-0.15, -0.1) is 0 Å². The highest BCUT2D eigenvalue weighted by molar-refractivity contribution is 5.56. The minimum atomic E-state index is -1.00. The molecule has 0 fully saturated rings. The van der Waals surface area contributed by atoms with E-state index in [9.17, 15) is 5.11 Å². The molecule has 0 bridgehead atoms. The number of hydrogen-bond acceptors (Lipinski definition) is 5. The van der Waals surface area contributed by atoms with Crippen LogP contribution in [0, 0.1) is 0 Å². The van der Waals surface area contributed by atoms with Gasteiger partial charge in [-0.3, -0.25) is 0 Å². The minimum absolute atomic E-state index is 0.364. The molecule has 90 valence electrons. The molecule has 1 rings (SSSR count). The van der Waals surface area contributed by atoms with Crippen LogP contribution in [-0.2, 0) is 0 Å². The average Bonchev–Trinajstić information content (AvgIpc) is 2.35. The molecular weight excluding hydrogens is 212 g/mol. The molecule has 0 aliphatic carbocycles. The number of rotatable bonds is 5. The van der Waals surface area contributed by atoms with Gasteiger partial charge in [-0.2, -0.15) is 0 Å². The van der Waals surface area contributed by atoms with Crippen molar-refractivity contribution < 1.29 is 24.4 Å². The molecule has 0 aliphatic rings. The van der Waals surface area contributed by atoms with E-state index in [0.717, 1.165) is 0 Å². The van der Waals surface area contributed by atoms with E-state index in [1.54, 1.807) is 12.1 Å². The van der Waals surface area contributed by atoms with Crippen molar-refractivity contribution in [3.05, 3.63) is 17.7 Å². The molecule has 1 aromatic rings. The van der Waals surface area contributed by atoms with E-state index in [1.807, 2.05) is 0 Å². The SMILES string of the molecule is COc1ccc(C(O)CO)c(OC)c1OC. The van der Waals surface area contributed by atoms with Gasteiger partial charge < -0.3 is 24.4 Å². The van der Waals surface area contributed by atoms with Gasteiger partial charge in [-0.25, -0.2) is 0 Å². The van der Waals surface area contributed by atoms with E-state index in [1.165, 1.54) is 21.3 Å². The minimum Gasteiger partial charge on any atom is -0.493 e. The quantitative estimate of drug-likeness (QED) is 0.778. The third kappa shape index (κ3) is 2.20. The highest BCUT2D eigenvalue weighted by Gasteiger charge is 2.20. The molecule has 1 aromatic carbocycles. The molecule has 0 heterocycles. The number of aliphatic hydroxyl groups excluding tert-OH is 2. The average molecular weight is 228 g/mol. The van der Waals surface area contributed by atoms with Crippen LogP contribution < -0.4 is 14.2 Å². The molecule has 0 aromatic heterocycles. The van der Waals surface area contributed by atoms with Crippen molar-refractivity contribution in [1.29, 1.82) is 0 Å². The summed E-state index contributed by atoms with van der Waals surface area (Å²) in [5.74, 6) is 1.27. The van der Waals surface area contributed by atoms with Crippen molar-refractivity contribution in [3.8, 4) is 17.2 Å². The van der Waals surface area contributed by atoms with Crippen molar-refractivity contribution in [2.24, 2.45) is 0 Å². The van der Waals surface area contributed by atoms with Crippen molar-refractivity contribution in [2.75, 3.05) is 27.9 Å². The molecule has 5 heteroatoms. The lowest BCUT2D eigenvalue weighted by atomic mass is 10.1. The highest BCUT2D eigenvalue weighted by Crippen LogP contribution is 2.41. The zero-order chi connectivity index (χ0) is 12.1. The maximum atomic E-state index is 9.60. The summed E-state index contributed by atoms with van der Waals surface area (Å²) in [6.07, 6.45) is -1.00. The van der Waals surface area contributed by atoms with Crippen LogP contribution in [0.2, 0.25) is 0 Å². The lowest BCUT2D eigenvalue weighted by Gasteiger charge is -2.17. The van der Waals surface area contributed by atoms with Crippen molar-refractivity contribution in [3.63, 3.8) is 0 Å². The summed E-state index contributed by atoms with van der Waals surface area (Å²) in [5.41, 5.74) is 0.461. The first-order valence-corrected chi connectivity index (χ1v) is 4.77. The van der Waals surface area contributed by atoms with Gasteiger partial charge in [-0.05, 0) is 12.1 Å². The molecule has 2 N–H and O–H groups in total. The second kappa shape index (κ2) is 5.58. The monoisotopic (exact) mass is 228 g/mol. The van der Waals surface area contributed by atoms with Crippen LogP contribution in [0.5, 0.6) is 17.2 Å². The van der Waals surface area contributed by atoms with Gasteiger partial charge in [0, 0.05) is 5.56 Å². The van der Waals surface area contributed by atoms with Crippen LogP contribution in [0.25, 0.3) is 0 Å². The first kappa shape index (κ1) is 12.6. The van der Waals surface area contributed by atoms with E-state index >= 15 is 0 Å². The van der Waals surface area contributed by atoms with Crippen LogP contribution in [-0.4, -0.2) is 38.1 Å². The molecule has 0 aliphatic heterocycles. The zero-order valence-electron chi connectivity index (χ0n) is 9.56. The van der Waals surface area contributed by atoms with Crippen LogP contribution in [0.1, 0.15) is 11.7 Å².